The van der Waals surface area contributed by atoms with Crippen LogP contribution in [0.1, 0.15) is 17.5 Å². The van der Waals surface area contributed by atoms with E-state index in [0.717, 1.165) is 12.0 Å². The number of amides is 2. The molecule has 0 bridgehead atoms. The van der Waals surface area contributed by atoms with Crippen LogP contribution in [0.15, 0.2) is 48.5 Å². The maximum absolute atomic E-state index is 12.4. The minimum absolute atomic E-state index is 0.148. The number of nitrogens with one attached hydrogen (secondary N) is 1. The van der Waals surface area contributed by atoms with Crippen LogP contribution < -0.4 is 10.1 Å². The second-order valence-electron chi connectivity index (χ2n) is 5.79. The van der Waals surface area contributed by atoms with Gasteiger partial charge in [-0.3, -0.25) is 9.59 Å². The zero-order valence-corrected chi connectivity index (χ0v) is 13.6. The molecule has 0 unspecified atom stereocenters. The van der Waals surface area contributed by atoms with Crippen LogP contribution in [0.2, 0.25) is 0 Å². The van der Waals surface area contributed by atoms with E-state index in [-0.39, 0.29) is 18.2 Å². The van der Waals surface area contributed by atoms with E-state index in [1.54, 1.807) is 36.3 Å². The van der Waals surface area contributed by atoms with Crippen molar-refractivity contribution >= 4 is 17.5 Å². The number of rotatable bonds is 4. The lowest BCUT2D eigenvalue weighted by Crippen LogP contribution is -2.37. The van der Waals surface area contributed by atoms with Crippen molar-refractivity contribution in [3.05, 3.63) is 59.7 Å². The molecule has 0 fully saturated rings. The van der Waals surface area contributed by atoms with Crippen molar-refractivity contribution in [2.24, 2.45) is 0 Å². The first-order valence-corrected chi connectivity index (χ1v) is 7.94. The van der Waals surface area contributed by atoms with Crippen molar-refractivity contribution in [1.29, 1.82) is 0 Å². The molecule has 1 aliphatic heterocycles. The fourth-order valence-electron chi connectivity index (χ4n) is 2.86. The molecule has 0 saturated heterocycles. The Kier molecular flexibility index (Phi) is 4.79. The summed E-state index contributed by atoms with van der Waals surface area (Å²) in [4.78, 5) is 26.2. The van der Waals surface area contributed by atoms with E-state index in [2.05, 4.69) is 11.4 Å². The van der Waals surface area contributed by atoms with Crippen LogP contribution in [-0.4, -0.2) is 30.4 Å². The molecule has 0 aliphatic carbocycles. The molecule has 24 heavy (non-hydrogen) atoms. The normalized spacial score (nSPS) is 13.1. The van der Waals surface area contributed by atoms with Gasteiger partial charge in [-0.2, -0.15) is 0 Å². The molecule has 0 spiro atoms. The van der Waals surface area contributed by atoms with E-state index in [1.807, 2.05) is 18.2 Å². The molecule has 2 amide bonds. The van der Waals surface area contributed by atoms with E-state index < -0.39 is 0 Å². The monoisotopic (exact) mass is 324 g/mol. The summed E-state index contributed by atoms with van der Waals surface area (Å²) in [5.41, 5.74) is 3.06. The van der Waals surface area contributed by atoms with Gasteiger partial charge in [0.25, 0.3) is 0 Å². The van der Waals surface area contributed by atoms with Gasteiger partial charge in [-0.25, -0.2) is 0 Å². The van der Waals surface area contributed by atoms with Crippen molar-refractivity contribution in [2.75, 3.05) is 19.0 Å². The number of benzene rings is 2. The fourth-order valence-corrected chi connectivity index (χ4v) is 2.86. The van der Waals surface area contributed by atoms with Crippen LogP contribution in [0.5, 0.6) is 5.75 Å². The predicted octanol–water partition coefficient (Wildman–Crippen LogP) is 2.61. The SMILES string of the molecule is COc1cccc(NC(=O)CC(=O)N2CCc3ccccc3C2)c1. The minimum Gasteiger partial charge on any atom is -0.497 e. The van der Waals surface area contributed by atoms with Gasteiger partial charge in [0.2, 0.25) is 11.8 Å². The van der Waals surface area contributed by atoms with Gasteiger partial charge in [-0.1, -0.05) is 30.3 Å². The Hall–Kier alpha value is -2.82. The third-order valence-corrected chi connectivity index (χ3v) is 4.15. The molecule has 2 aromatic carbocycles. The van der Waals surface area contributed by atoms with Crippen LogP contribution >= 0.6 is 0 Å². The molecule has 0 radical (unpaired) electrons. The van der Waals surface area contributed by atoms with Crippen molar-refractivity contribution in [3.8, 4) is 5.75 Å². The molecule has 2 aromatic rings. The number of methoxy groups -OCH3 is 1. The summed E-state index contributed by atoms with van der Waals surface area (Å²) >= 11 is 0. The fraction of sp³-hybridized carbons (Fsp3) is 0.263. The highest BCUT2D eigenvalue weighted by molar-refractivity contribution is 6.03. The molecule has 1 aliphatic rings. The first-order chi connectivity index (χ1) is 11.7. The molecule has 5 heteroatoms. The Morgan fingerprint density at radius 3 is 2.71 bits per heavy atom. The zero-order valence-electron chi connectivity index (χ0n) is 13.6. The first kappa shape index (κ1) is 16.1. The smallest absolute Gasteiger partial charge is 0.233 e. The van der Waals surface area contributed by atoms with Crippen LogP contribution in [-0.2, 0) is 22.6 Å². The molecular formula is C19H20N2O3. The highest BCUT2D eigenvalue weighted by atomic mass is 16.5. The summed E-state index contributed by atoms with van der Waals surface area (Å²) in [6.07, 6.45) is 0.679. The average Bonchev–Trinajstić information content (AvgIpc) is 2.61. The number of hydrogen-bond acceptors (Lipinski definition) is 3. The largest absolute Gasteiger partial charge is 0.497 e. The van der Waals surface area contributed by atoms with Crippen molar-refractivity contribution in [1.82, 2.24) is 4.90 Å². The van der Waals surface area contributed by atoms with Crippen molar-refractivity contribution in [3.63, 3.8) is 0 Å². The molecule has 1 N–H and O–H groups in total. The maximum Gasteiger partial charge on any atom is 0.233 e. The highest BCUT2D eigenvalue weighted by Gasteiger charge is 2.22. The lowest BCUT2D eigenvalue weighted by Gasteiger charge is -2.28. The predicted molar refractivity (Wildman–Crippen MR) is 91.8 cm³/mol. The lowest BCUT2D eigenvalue weighted by atomic mass is 10.00. The second kappa shape index (κ2) is 7.17. The Labute approximate surface area is 141 Å². The van der Waals surface area contributed by atoms with E-state index in [9.17, 15) is 9.59 Å². The number of nitrogens with zero attached hydrogens (tertiary/aromatic N) is 1. The maximum atomic E-state index is 12.4. The Balaban J connectivity index is 1.58. The van der Waals surface area contributed by atoms with Gasteiger partial charge in [0.15, 0.2) is 0 Å². The number of hydrogen-bond donors (Lipinski definition) is 1. The molecule has 3 rings (SSSR count). The standard InChI is InChI=1S/C19H20N2O3/c1-24-17-8-4-7-16(11-17)20-18(22)12-19(23)21-10-9-14-5-2-3-6-15(14)13-21/h2-8,11H,9-10,12-13H2,1H3,(H,20,22). The van der Waals surface area contributed by atoms with Gasteiger partial charge in [0, 0.05) is 24.8 Å². The van der Waals surface area contributed by atoms with E-state index >= 15 is 0 Å². The highest BCUT2D eigenvalue weighted by Crippen LogP contribution is 2.20. The Morgan fingerprint density at radius 2 is 1.92 bits per heavy atom. The number of carbonyl (C=O) groups is 2. The van der Waals surface area contributed by atoms with E-state index in [0.29, 0.717) is 24.5 Å². The van der Waals surface area contributed by atoms with Crippen LogP contribution in [0.4, 0.5) is 5.69 Å². The quantitative estimate of drug-likeness (QED) is 0.880. The third kappa shape index (κ3) is 3.74. The van der Waals surface area contributed by atoms with Crippen molar-refractivity contribution < 1.29 is 14.3 Å². The summed E-state index contributed by atoms with van der Waals surface area (Å²) in [7, 11) is 1.57. The number of fused-ring (bicyclic) bond motifs is 1. The second-order valence-corrected chi connectivity index (χ2v) is 5.79. The van der Waals surface area contributed by atoms with E-state index in [1.165, 1.54) is 5.56 Å². The molecule has 5 nitrogen and oxygen atoms in total. The van der Waals surface area contributed by atoms with Gasteiger partial charge in [-0.05, 0) is 29.7 Å². The Bertz CT molecular complexity index is 758. The topological polar surface area (TPSA) is 58.6 Å². The number of ether oxygens (including phenoxy) is 1. The summed E-state index contributed by atoms with van der Waals surface area (Å²) in [6, 6.07) is 15.2. The van der Waals surface area contributed by atoms with Crippen LogP contribution in [0.25, 0.3) is 0 Å². The number of carbonyl (C=O) groups excluding carboxylic acids is 2. The average molecular weight is 324 g/mol. The van der Waals surface area contributed by atoms with Crippen molar-refractivity contribution in [2.45, 2.75) is 19.4 Å². The lowest BCUT2D eigenvalue weighted by molar-refractivity contribution is -0.135. The summed E-state index contributed by atoms with van der Waals surface area (Å²) in [6.45, 7) is 1.23. The third-order valence-electron chi connectivity index (χ3n) is 4.15. The van der Waals surface area contributed by atoms with Gasteiger partial charge in [0.05, 0.1) is 7.11 Å². The van der Waals surface area contributed by atoms with Crippen LogP contribution in [0, 0.1) is 0 Å². The summed E-state index contributed by atoms with van der Waals surface area (Å²) in [5, 5.41) is 2.74. The van der Waals surface area contributed by atoms with E-state index in [4.69, 9.17) is 4.74 Å². The zero-order chi connectivity index (χ0) is 16.9. The summed E-state index contributed by atoms with van der Waals surface area (Å²) < 4.78 is 5.12. The number of anilines is 1. The molecule has 0 aromatic heterocycles. The van der Waals surface area contributed by atoms with Gasteiger partial charge in [-0.15, -0.1) is 0 Å². The van der Waals surface area contributed by atoms with Gasteiger partial charge < -0.3 is 15.0 Å². The van der Waals surface area contributed by atoms with Gasteiger partial charge >= 0.3 is 0 Å². The molecular weight excluding hydrogens is 304 g/mol. The molecule has 0 atom stereocenters. The first-order valence-electron chi connectivity index (χ1n) is 7.94. The molecule has 124 valence electrons. The molecule has 1 heterocycles. The summed E-state index contributed by atoms with van der Waals surface area (Å²) in [5.74, 6) is 0.198. The molecule has 0 saturated carbocycles. The van der Waals surface area contributed by atoms with Gasteiger partial charge in [0.1, 0.15) is 12.2 Å². The van der Waals surface area contributed by atoms with Crippen LogP contribution in [0.3, 0.4) is 0 Å². The minimum atomic E-state index is -0.313. The Morgan fingerprint density at radius 1 is 1.12 bits per heavy atom.